The van der Waals surface area contributed by atoms with Gasteiger partial charge in [-0.15, -0.1) is 0 Å². The molecule has 0 heterocycles. The lowest BCUT2D eigenvalue weighted by atomic mass is 9.94. The monoisotopic (exact) mass is 376 g/mol. The van der Waals surface area contributed by atoms with Crippen molar-refractivity contribution in [2.75, 3.05) is 13.1 Å². The van der Waals surface area contributed by atoms with Gasteiger partial charge >= 0.3 is 0 Å². The third kappa shape index (κ3) is 7.45. The summed E-state index contributed by atoms with van der Waals surface area (Å²) in [6.45, 7) is 3.87. The molecule has 0 aromatic heterocycles. The zero-order chi connectivity index (χ0) is 18.8. The molecule has 2 rings (SSSR count). The molecule has 0 aliphatic rings. The van der Waals surface area contributed by atoms with E-state index in [1.807, 2.05) is 6.07 Å². The zero-order valence-electron chi connectivity index (χ0n) is 15.6. The lowest BCUT2D eigenvalue weighted by Gasteiger charge is -2.21. The minimum absolute atomic E-state index is 0.283. The van der Waals surface area contributed by atoms with E-state index in [2.05, 4.69) is 36.5 Å². The van der Waals surface area contributed by atoms with Gasteiger partial charge < -0.3 is 11.1 Å². The maximum atomic E-state index is 13.1. The van der Waals surface area contributed by atoms with Gasteiger partial charge in [-0.25, -0.2) is 4.39 Å². The van der Waals surface area contributed by atoms with Crippen molar-refractivity contribution in [3.8, 4) is 0 Å². The molecule has 26 heavy (non-hydrogen) atoms. The highest BCUT2D eigenvalue weighted by Gasteiger charge is 2.12. The minimum atomic E-state index is -0.283. The molecule has 4 heteroatoms. The van der Waals surface area contributed by atoms with Gasteiger partial charge in [-0.2, -0.15) is 0 Å². The van der Waals surface area contributed by atoms with Crippen LogP contribution in [0.3, 0.4) is 0 Å². The average molecular weight is 377 g/mol. The largest absolute Gasteiger partial charge is 0.329 e. The molecule has 0 amide bonds. The smallest absolute Gasteiger partial charge is 0.124 e. The summed E-state index contributed by atoms with van der Waals surface area (Å²) in [5, 5.41) is 4.11. The van der Waals surface area contributed by atoms with Crippen LogP contribution in [0.25, 0.3) is 0 Å². The third-order valence-electron chi connectivity index (χ3n) is 4.81. The van der Waals surface area contributed by atoms with Crippen LogP contribution in [-0.2, 0) is 12.8 Å². The van der Waals surface area contributed by atoms with Crippen molar-refractivity contribution in [2.45, 2.75) is 45.1 Å². The van der Waals surface area contributed by atoms with Crippen molar-refractivity contribution in [3.05, 3.63) is 70.5 Å². The van der Waals surface area contributed by atoms with E-state index in [1.165, 1.54) is 17.7 Å². The van der Waals surface area contributed by atoms with E-state index in [0.29, 0.717) is 23.5 Å². The Hall–Kier alpha value is -1.42. The Bertz CT molecular complexity index is 648. The Labute approximate surface area is 161 Å². The Morgan fingerprint density at radius 3 is 2.58 bits per heavy atom. The van der Waals surface area contributed by atoms with Crippen molar-refractivity contribution in [1.29, 1.82) is 0 Å². The molecule has 0 saturated carbocycles. The van der Waals surface area contributed by atoms with Crippen molar-refractivity contribution in [3.63, 3.8) is 0 Å². The minimum Gasteiger partial charge on any atom is -0.329 e. The van der Waals surface area contributed by atoms with Gasteiger partial charge in [0.1, 0.15) is 5.82 Å². The van der Waals surface area contributed by atoms with Crippen LogP contribution in [0.4, 0.5) is 4.39 Å². The van der Waals surface area contributed by atoms with E-state index in [9.17, 15) is 4.39 Å². The number of rotatable bonds is 11. The molecule has 0 bridgehead atoms. The van der Waals surface area contributed by atoms with Gasteiger partial charge in [0, 0.05) is 17.6 Å². The number of nitrogens with two attached hydrogens (primary N) is 1. The first kappa shape index (κ1) is 20.9. The van der Waals surface area contributed by atoms with Crippen LogP contribution in [0.5, 0.6) is 0 Å². The molecule has 0 spiro atoms. The molecule has 0 aliphatic carbocycles. The summed E-state index contributed by atoms with van der Waals surface area (Å²) in [6, 6.07) is 15.5. The quantitative estimate of drug-likeness (QED) is 0.542. The first-order chi connectivity index (χ1) is 12.6. The van der Waals surface area contributed by atoms with Gasteiger partial charge in [-0.3, -0.25) is 0 Å². The standard InChI is InChI=1S/C22H30ClFN2/c1-17(9-10-19-11-12-20(24)15-22(19)23)14-21(16-25)26-13-5-8-18-6-3-2-4-7-18/h2-4,6-7,11-12,15,17,21,26H,5,8-10,13-14,16,25H2,1H3. The first-order valence-corrected chi connectivity index (χ1v) is 9.87. The van der Waals surface area contributed by atoms with E-state index in [4.69, 9.17) is 17.3 Å². The number of benzene rings is 2. The Kier molecular flexibility index (Phi) is 9.10. The highest BCUT2D eigenvalue weighted by molar-refractivity contribution is 6.31. The summed E-state index contributed by atoms with van der Waals surface area (Å²) >= 11 is 6.11. The molecule has 3 N–H and O–H groups in total. The number of nitrogens with one attached hydrogen (secondary N) is 1. The topological polar surface area (TPSA) is 38.0 Å². The number of aryl methyl sites for hydroxylation is 2. The Balaban J connectivity index is 1.67. The van der Waals surface area contributed by atoms with E-state index in [1.54, 1.807) is 6.07 Å². The fourth-order valence-corrected chi connectivity index (χ4v) is 3.50. The van der Waals surface area contributed by atoms with Gasteiger partial charge in [0.25, 0.3) is 0 Å². The predicted molar refractivity (Wildman–Crippen MR) is 109 cm³/mol. The maximum absolute atomic E-state index is 13.1. The Morgan fingerprint density at radius 2 is 1.88 bits per heavy atom. The van der Waals surface area contributed by atoms with Gasteiger partial charge in [-0.05, 0) is 67.8 Å². The highest BCUT2D eigenvalue weighted by atomic mass is 35.5. The fraction of sp³-hybridized carbons (Fsp3) is 0.455. The molecule has 2 unspecified atom stereocenters. The van der Waals surface area contributed by atoms with Crippen LogP contribution < -0.4 is 11.1 Å². The van der Waals surface area contributed by atoms with Gasteiger partial charge in [0.05, 0.1) is 0 Å². The number of hydrogen-bond acceptors (Lipinski definition) is 2. The summed E-state index contributed by atoms with van der Waals surface area (Å²) < 4.78 is 13.1. The van der Waals surface area contributed by atoms with Crippen molar-refractivity contribution >= 4 is 11.6 Å². The normalized spacial score (nSPS) is 13.5. The van der Waals surface area contributed by atoms with Crippen LogP contribution in [0, 0.1) is 11.7 Å². The SMILES string of the molecule is CC(CCc1ccc(F)cc1Cl)CC(CN)NCCCc1ccccc1. The first-order valence-electron chi connectivity index (χ1n) is 9.49. The highest BCUT2D eigenvalue weighted by Crippen LogP contribution is 2.21. The van der Waals surface area contributed by atoms with Crippen LogP contribution >= 0.6 is 11.6 Å². The predicted octanol–water partition coefficient (Wildman–Crippen LogP) is 4.99. The van der Waals surface area contributed by atoms with Crippen LogP contribution in [-0.4, -0.2) is 19.1 Å². The van der Waals surface area contributed by atoms with E-state index < -0.39 is 0 Å². The van der Waals surface area contributed by atoms with E-state index in [0.717, 1.165) is 44.2 Å². The molecule has 0 aliphatic heterocycles. The summed E-state index contributed by atoms with van der Waals surface area (Å²) in [7, 11) is 0. The van der Waals surface area contributed by atoms with Crippen LogP contribution in [0.1, 0.15) is 37.3 Å². The zero-order valence-corrected chi connectivity index (χ0v) is 16.3. The van der Waals surface area contributed by atoms with Crippen LogP contribution in [0.2, 0.25) is 5.02 Å². The fourth-order valence-electron chi connectivity index (χ4n) is 3.24. The van der Waals surface area contributed by atoms with Gasteiger partial charge in [0.15, 0.2) is 0 Å². The second-order valence-corrected chi connectivity index (χ2v) is 7.50. The molecule has 142 valence electrons. The molecule has 2 nitrogen and oxygen atoms in total. The van der Waals surface area contributed by atoms with Crippen molar-refractivity contribution < 1.29 is 4.39 Å². The van der Waals surface area contributed by atoms with Crippen molar-refractivity contribution in [2.24, 2.45) is 11.7 Å². The number of hydrogen-bond donors (Lipinski definition) is 2. The van der Waals surface area contributed by atoms with E-state index in [-0.39, 0.29) is 5.82 Å². The van der Waals surface area contributed by atoms with Gasteiger partial charge in [-0.1, -0.05) is 54.9 Å². The second kappa shape index (κ2) is 11.3. The van der Waals surface area contributed by atoms with Crippen molar-refractivity contribution in [1.82, 2.24) is 5.32 Å². The average Bonchev–Trinajstić information content (AvgIpc) is 2.64. The third-order valence-corrected chi connectivity index (χ3v) is 5.16. The van der Waals surface area contributed by atoms with Gasteiger partial charge in [0.2, 0.25) is 0 Å². The second-order valence-electron chi connectivity index (χ2n) is 7.09. The molecule has 2 aromatic rings. The molecule has 0 saturated heterocycles. The maximum Gasteiger partial charge on any atom is 0.124 e. The summed E-state index contributed by atoms with van der Waals surface area (Å²) in [5.74, 6) is 0.251. The molecule has 2 aromatic carbocycles. The van der Waals surface area contributed by atoms with Crippen LogP contribution in [0.15, 0.2) is 48.5 Å². The lowest BCUT2D eigenvalue weighted by Crippen LogP contribution is -2.38. The molecule has 0 fully saturated rings. The lowest BCUT2D eigenvalue weighted by molar-refractivity contribution is 0.388. The summed E-state index contributed by atoms with van der Waals surface area (Å²) in [4.78, 5) is 0. The molecule has 0 radical (unpaired) electrons. The number of halogens is 2. The van der Waals surface area contributed by atoms with E-state index >= 15 is 0 Å². The summed E-state index contributed by atoms with van der Waals surface area (Å²) in [5.41, 5.74) is 8.33. The molecule has 2 atom stereocenters. The molecular weight excluding hydrogens is 347 g/mol. The summed E-state index contributed by atoms with van der Waals surface area (Å²) in [6.07, 6.45) is 5.13. The molecular formula is C22H30ClFN2. The Morgan fingerprint density at radius 1 is 1.12 bits per heavy atom.